The van der Waals surface area contributed by atoms with Gasteiger partial charge in [0.15, 0.2) is 17.5 Å². The zero-order valence-corrected chi connectivity index (χ0v) is 20.6. The summed E-state index contributed by atoms with van der Waals surface area (Å²) in [7, 11) is 0. The van der Waals surface area contributed by atoms with Gasteiger partial charge in [-0.25, -0.2) is 9.38 Å². The third-order valence-electron chi connectivity index (χ3n) is 5.14. The number of benzene rings is 2. The van der Waals surface area contributed by atoms with Crippen molar-refractivity contribution in [3.63, 3.8) is 0 Å². The second-order valence-electron chi connectivity index (χ2n) is 7.42. The number of fused-ring (bicyclic) bond motifs is 1. The maximum atomic E-state index is 14.7. The fourth-order valence-corrected chi connectivity index (χ4v) is 3.56. The van der Waals surface area contributed by atoms with Crippen molar-refractivity contribution >= 4 is 41.3 Å². The molecule has 0 saturated carbocycles. The van der Waals surface area contributed by atoms with Gasteiger partial charge in [0, 0.05) is 37.8 Å². The molecule has 0 amide bonds. The van der Waals surface area contributed by atoms with E-state index in [4.69, 9.17) is 14.2 Å². The van der Waals surface area contributed by atoms with Crippen LogP contribution in [-0.2, 0) is 11.3 Å². The molecule has 2 aliphatic rings. The molecule has 174 valence electrons. The average Bonchev–Trinajstić information content (AvgIpc) is 3.03. The van der Waals surface area contributed by atoms with Crippen LogP contribution in [0.25, 0.3) is 0 Å². The Morgan fingerprint density at radius 2 is 1.81 bits per heavy atom. The van der Waals surface area contributed by atoms with Crippen molar-refractivity contribution in [2.24, 2.45) is 4.99 Å². The molecule has 4 rings (SSSR count). The van der Waals surface area contributed by atoms with Crippen LogP contribution in [0.4, 0.5) is 15.8 Å². The Bertz CT molecular complexity index is 922. The van der Waals surface area contributed by atoms with Crippen LogP contribution in [0, 0.1) is 5.82 Å². The molecule has 2 heterocycles. The molecule has 1 saturated heterocycles. The molecule has 0 radical (unpaired) electrons. The third-order valence-corrected chi connectivity index (χ3v) is 5.14. The number of anilines is 2. The lowest BCUT2D eigenvalue weighted by molar-refractivity contribution is 0.122. The number of hydrogen-bond acceptors (Lipinski definition) is 5. The van der Waals surface area contributed by atoms with Gasteiger partial charge in [-0.15, -0.1) is 24.0 Å². The summed E-state index contributed by atoms with van der Waals surface area (Å²) >= 11 is 0. The van der Waals surface area contributed by atoms with Crippen molar-refractivity contribution in [3.8, 4) is 11.5 Å². The van der Waals surface area contributed by atoms with E-state index in [0.717, 1.165) is 29.2 Å². The first-order chi connectivity index (χ1) is 15.2. The second kappa shape index (κ2) is 12.1. The SMILES string of the molecule is CCNC(=NCc1ccc(N2CCOCC2)c(F)c1)Nc1ccc2c(c1)OCCCO2.I. The molecule has 2 N–H and O–H groups in total. The largest absolute Gasteiger partial charge is 0.490 e. The highest BCUT2D eigenvalue weighted by Crippen LogP contribution is 2.32. The molecule has 0 aromatic heterocycles. The average molecular weight is 556 g/mol. The first-order valence-corrected chi connectivity index (χ1v) is 10.8. The van der Waals surface area contributed by atoms with Gasteiger partial charge in [0.05, 0.1) is 38.7 Å². The fourth-order valence-electron chi connectivity index (χ4n) is 3.56. The summed E-state index contributed by atoms with van der Waals surface area (Å²) in [5.74, 6) is 1.87. The predicted molar refractivity (Wildman–Crippen MR) is 135 cm³/mol. The maximum Gasteiger partial charge on any atom is 0.196 e. The van der Waals surface area contributed by atoms with Gasteiger partial charge >= 0.3 is 0 Å². The molecule has 0 atom stereocenters. The topological polar surface area (TPSA) is 67.4 Å². The highest BCUT2D eigenvalue weighted by Gasteiger charge is 2.15. The Hall–Kier alpha value is -2.27. The zero-order valence-electron chi connectivity index (χ0n) is 18.2. The number of rotatable bonds is 5. The van der Waals surface area contributed by atoms with Crippen LogP contribution in [0.5, 0.6) is 11.5 Å². The van der Waals surface area contributed by atoms with Crippen molar-refractivity contribution in [1.29, 1.82) is 0 Å². The van der Waals surface area contributed by atoms with E-state index in [-0.39, 0.29) is 29.8 Å². The lowest BCUT2D eigenvalue weighted by Crippen LogP contribution is -2.36. The summed E-state index contributed by atoms with van der Waals surface area (Å²) in [6.07, 6.45) is 0.864. The highest BCUT2D eigenvalue weighted by atomic mass is 127. The number of morpholine rings is 1. The monoisotopic (exact) mass is 556 g/mol. The summed E-state index contributed by atoms with van der Waals surface area (Å²) < 4.78 is 31.4. The van der Waals surface area contributed by atoms with Crippen molar-refractivity contribution in [2.75, 3.05) is 56.3 Å². The zero-order chi connectivity index (χ0) is 21.5. The summed E-state index contributed by atoms with van der Waals surface area (Å²) in [6.45, 7) is 7.03. The molecule has 32 heavy (non-hydrogen) atoms. The van der Waals surface area contributed by atoms with E-state index >= 15 is 0 Å². The number of nitrogens with one attached hydrogen (secondary N) is 2. The Labute approximate surface area is 205 Å². The van der Waals surface area contributed by atoms with Gasteiger partial charge in [-0.05, 0) is 36.8 Å². The van der Waals surface area contributed by atoms with Gasteiger partial charge in [-0.2, -0.15) is 0 Å². The lowest BCUT2D eigenvalue weighted by Gasteiger charge is -2.29. The van der Waals surface area contributed by atoms with Gasteiger partial charge in [0.25, 0.3) is 0 Å². The van der Waals surface area contributed by atoms with E-state index < -0.39 is 0 Å². The Morgan fingerprint density at radius 1 is 1.03 bits per heavy atom. The first-order valence-electron chi connectivity index (χ1n) is 10.8. The Kier molecular flexibility index (Phi) is 9.22. The second-order valence-corrected chi connectivity index (χ2v) is 7.42. The van der Waals surface area contributed by atoms with Crippen molar-refractivity contribution in [1.82, 2.24) is 5.32 Å². The highest BCUT2D eigenvalue weighted by molar-refractivity contribution is 14.0. The Balaban J connectivity index is 0.00000289. The summed E-state index contributed by atoms with van der Waals surface area (Å²) in [5.41, 5.74) is 2.27. The molecule has 0 spiro atoms. The molecule has 0 bridgehead atoms. The van der Waals surface area contributed by atoms with E-state index in [1.165, 1.54) is 0 Å². The molecule has 7 nitrogen and oxygen atoms in total. The normalized spacial score (nSPS) is 16.1. The van der Waals surface area contributed by atoms with Crippen molar-refractivity contribution < 1.29 is 18.6 Å². The van der Waals surface area contributed by atoms with Crippen LogP contribution in [0.2, 0.25) is 0 Å². The summed E-state index contributed by atoms with van der Waals surface area (Å²) in [4.78, 5) is 6.63. The lowest BCUT2D eigenvalue weighted by atomic mass is 10.1. The quantitative estimate of drug-likeness (QED) is 0.330. The van der Waals surface area contributed by atoms with Gasteiger partial charge in [0.1, 0.15) is 5.82 Å². The summed E-state index contributed by atoms with van der Waals surface area (Å²) in [6, 6.07) is 11.0. The van der Waals surface area contributed by atoms with E-state index in [1.54, 1.807) is 6.07 Å². The number of guanidine groups is 1. The maximum absolute atomic E-state index is 14.7. The van der Waals surface area contributed by atoms with Crippen LogP contribution >= 0.6 is 24.0 Å². The van der Waals surface area contributed by atoms with Crippen LogP contribution in [0.3, 0.4) is 0 Å². The van der Waals surface area contributed by atoms with Gasteiger partial charge in [-0.3, -0.25) is 0 Å². The predicted octanol–water partition coefficient (Wildman–Crippen LogP) is 4.02. The third kappa shape index (κ3) is 6.38. The number of aliphatic imine (C=N–C) groups is 1. The van der Waals surface area contributed by atoms with Crippen LogP contribution in [-0.4, -0.2) is 52.0 Å². The van der Waals surface area contributed by atoms with Crippen molar-refractivity contribution in [2.45, 2.75) is 19.9 Å². The smallest absolute Gasteiger partial charge is 0.196 e. The number of halogens is 2. The molecule has 1 fully saturated rings. The minimum Gasteiger partial charge on any atom is -0.490 e. The molecule has 2 aliphatic heterocycles. The van der Waals surface area contributed by atoms with Crippen LogP contribution in [0.1, 0.15) is 18.9 Å². The Morgan fingerprint density at radius 3 is 2.56 bits per heavy atom. The number of nitrogens with zero attached hydrogens (tertiary/aromatic N) is 2. The standard InChI is InChI=1S/C23H29FN4O3.HI/c1-2-25-23(27-18-5-7-21-22(15-18)31-11-3-10-30-21)26-16-17-4-6-20(19(24)14-17)28-8-12-29-13-9-28;/h4-7,14-15H,2-3,8-13,16H2,1H3,(H2,25,26,27);1H. The molecule has 9 heteroatoms. The van der Waals surface area contributed by atoms with Gasteiger partial charge in [0.2, 0.25) is 0 Å². The van der Waals surface area contributed by atoms with Crippen molar-refractivity contribution in [3.05, 3.63) is 47.8 Å². The molecular formula is C23H30FIN4O3. The minimum atomic E-state index is -0.226. The minimum absolute atomic E-state index is 0. The van der Waals surface area contributed by atoms with Gasteiger partial charge in [-0.1, -0.05) is 6.07 Å². The molecule has 0 aliphatic carbocycles. The van der Waals surface area contributed by atoms with E-state index in [9.17, 15) is 4.39 Å². The van der Waals surface area contributed by atoms with E-state index in [2.05, 4.69) is 15.6 Å². The first kappa shape index (κ1) is 24.4. The van der Waals surface area contributed by atoms with Crippen LogP contribution < -0.4 is 25.0 Å². The fraction of sp³-hybridized carbons (Fsp3) is 0.435. The van der Waals surface area contributed by atoms with E-state index in [0.29, 0.717) is 64.3 Å². The molecule has 2 aromatic rings. The number of ether oxygens (including phenoxy) is 3. The molecule has 0 unspecified atom stereocenters. The summed E-state index contributed by atoms with van der Waals surface area (Å²) in [5, 5.41) is 6.51. The molecule has 2 aromatic carbocycles. The molecular weight excluding hydrogens is 526 g/mol. The van der Waals surface area contributed by atoms with Crippen LogP contribution in [0.15, 0.2) is 41.4 Å². The number of hydrogen-bond donors (Lipinski definition) is 2. The van der Waals surface area contributed by atoms with E-state index in [1.807, 2.05) is 42.2 Å². The van der Waals surface area contributed by atoms with Gasteiger partial charge < -0.3 is 29.7 Å².